The van der Waals surface area contributed by atoms with E-state index in [0.717, 1.165) is 11.1 Å². The van der Waals surface area contributed by atoms with Gasteiger partial charge in [0.15, 0.2) is 0 Å². The van der Waals surface area contributed by atoms with Crippen LogP contribution in [0.15, 0.2) is 47.4 Å². The first-order valence-electron chi connectivity index (χ1n) is 6.24. The molecular weight excluding hydrogens is 272 g/mol. The molecule has 2 aromatic carbocycles. The fourth-order valence-corrected chi connectivity index (χ4v) is 3.45. The highest BCUT2D eigenvalue weighted by molar-refractivity contribution is 7.93. The lowest BCUT2D eigenvalue weighted by molar-refractivity contribution is 0.594. The highest BCUT2D eigenvalue weighted by Crippen LogP contribution is 2.28. The van der Waals surface area contributed by atoms with Crippen molar-refractivity contribution in [3.63, 3.8) is 0 Å². The molecule has 0 atom stereocenters. The maximum absolute atomic E-state index is 12.7. The molecule has 0 radical (unpaired) electrons. The minimum absolute atomic E-state index is 0.133. The number of sulfonamides is 1. The first-order chi connectivity index (χ1) is 9.34. The zero-order valence-corrected chi connectivity index (χ0v) is 12.6. The Morgan fingerprint density at radius 2 is 1.70 bits per heavy atom. The Balaban J connectivity index is 2.53. The van der Waals surface area contributed by atoms with E-state index in [9.17, 15) is 8.42 Å². The summed E-state index contributed by atoms with van der Waals surface area (Å²) in [5.41, 5.74) is 8.59. The molecule has 2 rings (SSSR count). The normalized spacial score (nSPS) is 11.3. The minimum Gasteiger partial charge on any atom is -0.398 e. The van der Waals surface area contributed by atoms with Gasteiger partial charge in [-0.25, -0.2) is 8.42 Å². The fourth-order valence-electron chi connectivity index (χ4n) is 2.10. The molecular formula is C15H18N2O2S. The van der Waals surface area contributed by atoms with Gasteiger partial charge in [0.1, 0.15) is 4.90 Å². The van der Waals surface area contributed by atoms with Crippen molar-refractivity contribution in [2.75, 3.05) is 17.1 Å². The molecule has 20 heavy (non-hydrogen) atoms. The molecule has 0 spiro atoms. The van der Waals surface area contributed by atoms with E-state index in [1.807, 2.05) is 32.0 Å². The van der Waals surface area contributed by atoms with Crippen LogP contribution < -0.4 is 10.0 Å². The quantitative estimate of drug-likeness (QED) is 0.884. The zero-order valence-electron chi connectivity index (χ0n) is 11.8. The van der Waals surface area contributed by atoms with Crippen LogP contribution in [0.25, 0.3) is 0 Å². The van der Waals surface area contributed by atoms with Crippen LogP contribution in [0.1, 0.15) is 11.1 Å². The SMILES string of the molecule is Cc1ccc(S(=O)(=O)N(C)c2ccccc2C)c(N)c1. The molecule has 0 unspecified atom stereocenters. The van der Waals surface area contributed by atoms with Crippen molar-refractivity contribution < 1.29 is 8.42 Å². The Kier molecular flexibility index (Phi) is 3.72. The number of hydrogen-bond acceptors (Lipinski definition) is 3. The topological polar surface area (TPSA) is 63.4 Å². The van der Waals surface area contributed by atoms with Crippen molar-refractivity contribution in [1.82, 2.24) is 0 Å². The molecule has 0 aromatic heterocycles. The van der Waals surface area contributed by atoms with Crippen LogP contribution in [-0.4, -0.2) is 15.5 Å². The molecule has 0 saturated heterocycles. The predicted molar refractivity (Wildman–Crippen MR) is 82.4 cm³/mol. The highest BCUT2D eigenvalue weighted by Gasteiger charge is 2.24. The van der Waals surface area contributed by atoms with Crippen LogP contribution in [0.4, 0.5) is 11.4 Å². The number of anilines is 2. The maximum Gasteiger partial charge on any atom is 0.266 e. The average molecular weight is 290 g/mol. The number of hydrogen-bond donors (Lipinski definition) is 1. The fraction of sp³-hybridized carbons (Fsp3) is 0.200. The summed E-state index contributed by atoms with van der Waals surface area (Å²) in [5.74, 6) is 0. The van der Waals surface area contributed by atoms with E-state index in [4.69, 9.17) is 5.73 Å². The molecule has 0 aliphatic heterocycles. The first-order valence-corrected chi connectivity index (χ1v) is 7.68. The van der Waals surface area contributed by atoms with Gasteiger partial charge in [0.05, 0.1) is 11.4 Å². The summed E-state index contributed by atoms with van der Waals surface area (Å²) < 4.78 is 26.6. The molecule has 0 amide bonds. The Morgan fingerprint density at radius 1 is 1.05 bits per heavy atom. The third-order valence-corrected chi connectivity index (χ3v) is 5.10. The number of aryl methyl sites for hydroxylation is 2. The van der Waals surface area contributed by atoms with Crippen LogP contribution >= 0.6 is 0 Å². The van der Waals surface area contributed by atoms with Crippen LogP contribution in [0.2, 0.25) is 0 Å². The van der Waals surface area contributed by atoms with Gasteiger partial charge in [0, 0.05) is 7.05 Å². The monoisotopic (exact) mass is 290 g/mol. The zero-order chi connectivity index (χ0) is 14.9. The van der Waals surface area contributed by atoms with Crippen molar-refractivity contribution in [3.8, 4) is 0 Å². The molecule has 4 nitrogen and oxygen atoms in total. The molecule has 0 heterocycles. The van der Waals surface area contributed by atoms with E-state index in [1.54, 1.807) is 24.3 Å². The van der Waals surface area contributed by atoms with E-state index < -0.39 is 10.0 Å². The molecule has 2 aromatic rings. The Morgan fingerprint density at radius 3 is 2.30 bits per heavy atom. The van der Waals surface area contributed by atoms with Gasteiger partial charge in [-0.15, -0.1) is 0 Å². The lowest BCUT2D eigenvalue weighted by Gasteiger charge is -2.22. The number of para-hydroxylation sites is 1. The summed E-state index contributed by atoms with van der Waals surface area (Å²) in [6.07, 6.45) is 0. The summed E-state index contributed by atoms with van der Waals surface area (Å²) in [4.78, 5) is 0.133. The lowest BCUT2D eigenvalue weighted by atomic mass is 10.2. The molecule has 0 aliphatic carbocycles. The Labute approximate surface area is 119 Å². The first kappa shape index (κ1) is 14.4. The molecule has 2 N–H and O–H groups in total. The third-order valence-electron chi connectivity index (χ3n) is 3.26. The van der Waals surface area contributed by atoms with E-state index in [2.05, 4.69) is 0 Å². The number of nitrogens with zero attached hydrogens (tertiary/aromatic N) is 1. The Hall–Kier alpha value is -2.01. The lowest BCUT2D eigenvalue weighted by Crippen LogP contribution is -2.27. The summed E-state index contributed by atoms with van der Waals surface area (Å²) in [6.45, 7) is 3.75. The predicted octanol–water partition coefficient (Wildman–Crippen LogP) is 2.71. The van der Waals surface area contributed by atoms with Gasteiger partial charge < -0.3 is 5.73 Å². The smallest absolute Gasteiger partial charge is 0.266 e. The van der Waals surface area contributed by atoms with E-state index in [-0.39, 0.29) is 10.6 Å². The van der Waals surface area contributed by atoms with Crippen LogP contribution in [0, 0.1) is 13.8 Å². The molecule has 0 bridgehead atoms. The third kappa shape index (κ3) is 2.49. The van der Waals surface area contributed by atoms with Gasteiger partial charge in [0.25, 0.3) is 10.0 Å². The van der Waals surface area contributed by atoms with Crippen molar-refractivity contribution in [2.45, 2.75) is 18.7 Å². The van der Waals surface area contributed by atoms with Crippen molar-refractivity contribution >= 4 is 21.4 Å². The van der Waals surface area contributed by atoms with E-state index in [0.29, 0.717) is 5.69 Å². The number of nitrogens with two attached hydrogens (primary N) is 1. The minimum atomic E-state index is -3.65. The summed E-state index contributed by atoms with van der Waals surface area (Å²) in [7, 11) is -2.11. The second kappa shape index (κ2) is 5.17. The summed E-state index contributed by atoms with van der Waals surface area (Å²) in [6, 6.07) is 12.3. The summed E-state index contributed by atoms with van der Waals surface area (Å²) in [5, 5.41) is 0. The highest BCUT2D eigenvalue weighted by atomic mass is 32.2. The number of rotatable bonds is 3. The number of benzene rings is 2. The van der Waals surface area contributed by atoms with Crippen LogP contribution in [0.5, 0.6) is 0 Å². The van der Waals surface area contributed by atoms with E-state index >= 15 is 0 Å². The molecule has 0 fully saturated rings. The molecule has 0 saturated carbocycles. The van der Waals surface area contributed by atoms with Crippen molar-refractivity contribution in [2.24, 2.45) is 0 Å². The second-order valence-electron chi connectivity index (χ2n) is 4.80. The molecule has 5 heteroatoms. The second-order valence-corrected chi connectivity index (χ2v) is 6.74. The van der Waals surface area contributed by atoms with Gasteiger partial charge >= 0.3 is 0 Å². The van der Waals surface area contributed by atoms with Crippen LogP contribution in [0.3, 0.4) is 0 Å². The molecule has 0 aliphatic rings. The standard InChI is InChI=1S/C15H18N2O2S/c1-11-8-9-15(13(16)10-11)20(18,19)17(3)14-7-5-4-6-12(14)2/h4-10H,16H2,1-3H3. The molecule has 106 valence electrons. The Bertz CT molecular complexity index is 739. The van der Waals surface area contributed by atoms with Crippen molar-refractivity contribution in [3.05, 3.63) is 53.6 Å². The van der Waals surface area contributed by atoms with Gasteiger partial charge in [-0.05, 0) is 43.2 Å². The van der Waals surface area contributed by atoms with E-state index in [1.165, 1.54) is 11.4 Å². The van der Waals surface area contributed by atoms with Gasteiger partial charge in [-0.2, -0.15) is 0 Å². The van der Waals surface area contributed by atoms with Gasteiger partial charge in [-0.3, -0.25) is 4.31 Å². The van der Waals surface area contributed by atoms with Gasteiger partial charge in [-0.1, -0.05) is 24.3 Å². The average Bonchev–Trinajstić information content (AvgIpc) is 2.38. The van der Waals surface area contributed by atoms with Crippen LogP contribution in [-0.2, 0) is 10.0 Å². The maximum atomic E-state index is 12.7. The van der Waals surface area contributed by atoms with Crippen molar-refractivity contribution in [1.29, 1.82) is 0 Å². The largest absolute Gasteiger partial charge is 0.398 e. The number of nitrogen functional groups attached to an aromatic ring is 1. The van der Waals surface area contributed by atoms with Gasteiger partial charge in [0.2, 0.25) is 0 Å². The summed E-state index contributed by atoms with van der Waals surface area (Å²) >= 11 is 0.